The van der Waals surface area contributed by atoms with E-state index in [0.717, 1.165) is 48.2 Å². The second-order valence-corrected chi connectivity index (χ2v) is 13.3. The number of ketones is 1. The number of aliphatic hydroxyl groups excluding tert-OH is 1. The van der Waals surface area contributed by atoms with Crippen LogP contribution in [0.2, 0.25) is 0 Å². The molecule has 0 radical (unpaired) electrons. The molecule has 4 aliphatic rings. The molecule has 210 valence electrons. The maximum absolute atomic E-state index is 13.6. The third-order valence-electron chi connectivity index (χ3n) is 11.2. The van der Waals surface area contributed by atoms with Crippen molar-refractivity contribution < 1.29 is 19.4 Å². The van der Waals surface area contributed by atoms with Crippen LogP contribution in [0.1, 0.15) is 62.8 Å². The normalized spacial score (nSPS) is 36.3. The van der Waals surface area contributed by atoms with Crippen LogP contribution in [0.3, 0.4) is 0 Å². The van der Waals surface area contributed by atoms with Gasteiger partial charge in [-0.3, -0.25) is 9.48 Å². The summed E-state index contributed by atoms with van der Waals surface area (Å²) in [6.07, 6.45) is 11.3. The lowest BCUT2D eigenvalue weighted by atomic mass is 9.45. The minimum absolute atomic E-state index is 0.0408. The average Bonchev–Trinajstić information content (AvgIpc) is 3.58. The molecule has 2 aromatic heterocycles. The molecule has 7 rings (SSSR count). The number of halogens is 1. The van der Waals surface area contributed by atoms with Crippen LogP contribution in [0.4, 0.5) is 4.39 Å². The summed E-state index contributed by atoms with van der Waals surface area (Å²) in [7, 11) is 0. The summed E-state index contributed by atoms with van der Waals surface area (Å²) in [5.74, 6) is -0.0536. The Labute approximate surface area is 233 Å². The Bertz CT molecular complexity index is 1520. The van der Waals surface area contributed by atoms with Crippen LogP contribution < -0.4 is 0 Å². The maximum Gasteiger partial charge on any atom is 0.186 e. The van der Waals surface area contributed by atoms with Gasteiger partial charge in [0.1, 0.15) is 18.0 Å². The van der Waals surface area contributed by atoms with Crippen LogP contribution >= 0.6 is 0 Å². The second kappa shape index (κ2) is 8.70. The van der Waals surface area contributed by atoms with Gasteiger partial charge in [0.05, 0.1) is 29.9 Å². The van der Waals surface area contributed by atoms with Gasteiger partial charge in [-0.2, -0.15) is 10.2 Å². The smallest absolute Gasteiger partial charge is 0.186 e. The van der Waals surface area contributed by atoms with Crippen molar-refractivity contribution in [2.45, 2.75) is 77.5 Å². The van der Waals surface area contributed by atoms with E-state index >= 15 is 0 Å². The lowest BCUT2D eigenvalue weighted by molar-refractivity contribution is -0.180. The molecule has 1 aromatic carbocycles. The quantitative estimate of drug-likeness (QED) is 0.498. The number of Topliss-reactive ketones (excluding diaryl/α,β-unsaturated/α-hetero) is 1. The van der Waals surface area contributed by atoms with Crippen molar-refractivity contribution in [3.05, 3.63) is 71.1 Å². The fourth-order valence-electron chi connectivity index (χ4n) is 9.27. The first-order chi connectivity index (χ1) is 19.0. The predicted octanol–water partition coefficient (Wildman–Crippen LogP) is 4.67. The number of carbonyl (C=O) groups is 1. The Balaban J connectivity index is 1.19. The van der Waals surface area contributed by atoms with Crippen LogP contribution in [0.5, 0.6) is 0 Å². The van der Waals surface area contributed by atoms with Gasteiger partial charge in [-0.05, 0) is 110 Å². The van der Waals surface area contributed by atoms with E-state index in [1.807, 2.05) is 30.9 Å². The number of hydrogen-bond acceptors (Lipinski definition) is 5. The van der Waals surface area contributed by atoms with Crippen LogP contribution in [-0.4, -0.2) is 47.3 Å². The number of carbonyl (C=O) groups excluding carboxylic acids is 1. The minimum Gasteiger partial charge on any atom is -0.393 e. The van der Waals surface area contributed by atoms with Gasteiger partial charge in [0.15, 0.2) is 5.78 Å². The first-order valence-electron chi connectivity index (χ1n) is 14.5. The van der Waals surface area contributed by atoms with E-state index in [2.05, 4.69) is 23.2 Å². The fraction of sp³-hybridized carbons (Fsp3) is 0.531. The highest BCUT2D eigenvalue weighted by Gasteiger charge is 2.68. The Hall–Kier alpha value is -3.10. The highest BCUT2D eigenvalue weighted by atomic mass is 19.1. The molecule has 7 nitrogen and oxygen atoms in total. The lowest BCUT2D eigenvalue weighted by Gasteiger charge is -2.60. The summed E-state index contributed by atoms with van der Waals surface area (Å²) in [4.78, 5) is 13.6. The van der Waals surface area contributed by atoms with E-state index in [0.29, 0.717) is 12.8 Å². The number of aliphatic hydroxyl groups is 2. The van der Waals surface area contributed by atoms with Gasteiger partial charge in [-0.15, -0.1) is 0 Å². The van der Waals surface area contributed by atoms with Crippen LogP contribution in [0.15, 0.2) is 48.4 Å². The number of benzene rings is 1. The number of aromatic nitrogens is 4. The molecule has 0 saturated heterocycles. The molecule has 3 aromatic rings. The topological polar surface area (TPSA) is 93.2 Å². The van der Waals surface area contributed by atoms with Gasteiger partial charge >= 0.3 is 0 Å². The molecule has 7 unspecified atom stereocenters. The minimum atomic E-state index is -1.48. The standard InChI is InChI=1S/C32H37FN4O3/c1-19-15-34-36(17-19)18-28(39)32(40)11-10-25-24-9-4-21-12-26-20(16-35-37(26)23-7-5-22(33)6-8-23)13-30(21,2)29(24)27(38)14-31(25,32)3/h5-8,12,15-17,24-25,27,29,38,40H,4,9-11,13-14,18H2,1-3H3. The largest absolute Gasteiger partial charge is 0.393 e. The molecule has 2 N–H and O–H groups in total. The molecule has 3 saturated carbocycles. The SMILES string of the molecule is Cc1cnn(CC(=O)C2(O)CCC3C4CCC5=Cc6c(cnn6-c6ccc(F)cc6)CC5(C)C4C(O)CC32C)c1. The number of aryl methyl sites for hydroxylation is 1. The Kier molecular flexibility index (Phi) is 5.62. The fourth-order valence-corrected chi connectivity index (χ4v) is 9.27. The summed E-state index contributed by atoms with van der Waals surface area (Å²) < 4.78 is 17.0. The van der Waals surface area contributed by atoms with Gasteiger partial charge < -0.3 is 10.2 Å². The van der Waals surface area contributed by atoms with Crippen LogP contribution in [0.25, 0.3) is 11.8 Å². The number of allylic oxidation sites excluding steroid dienone is 1. The van der Waals surface area contributed by atoms with Crippen LogP contribution in [0, 0.1) is 41.3 Å². The third kappa shape index (κ3) is 3.51. The number of nitrogens with zero attached hydrogens (tertiary/aromatic N) is 4. The Morgan fingerprint density at radius 1 is 1.15 bits per heavy atom. The summed E-state index contributed by atoms with van der Waals surface area (Å²) in [6.45, 7) is 6.30. The summed E-state index contributed by atoms with van der Waals surface area (Å²) in [6, 6.07) is 6.39. The Morgan fingerprint density at radius 2 is 1.93 bits per heavy atom. The van der Waals surface area contributed by atoms with E-state index in [4.69, 9.17) is 0 Å². The zero-order chi connectivity index (χ0) is 28.0. The Morgan fingerprint density at radius 3 is 2.65 bits per heavy atom. The molecule has 0 bridgehead atoms. The zero-order valence-electron chi connectivity index (χ0n) is 23.3. The van der Waals surface area contributed by atoms with Crippen molar-refractivity contribution in [3.63, 3.8) is 0 Å². The summed E-state index contributed by atoms with van der Waals surface area (Å²) >= 11 is 0. The molecule has 7 atom stereocenters. The molecule has 3 fully saturated rings. The molecule has 0 amide bonds. The molecule has 8 heteroatoms. The van der Waals surface area contributed by atoms with Gasteiger partial charge in [0.25, 0.3) is 0 Å². The van der Waals surface area contributed by atoms with Crippen molar-refractivity contribution >= 4 is 11.9 Å². The second-order valence-electron chi connectivity index (χ2n) is 13.3. The van der Waals surface area contributed by atoms with Gasteiger partial charge in [0, 0.05) is 11.6 Å². The van der Waals surface area contributed by atoms with Crippen molar-refractivity contribution in [2.75, 3.05) is 0 Å². The molecule has 0 aliphatic heterocycles. The highest BCUT2D eigenvalue weighted by Crippen LogP contribution is 2.67. The summed E-state index contributed by atoms with van der Waals surface area (Å²) in [5, 5.41) is 32.8. The van der Waals surface area contributed by atoms with E-state index in [-0.39, 0.29) is 41.3 Å². The number of hydrogen-bond donors (Lipinski definition) is 2. The molecule has 2 heterocycles. The van der Waals surface area contributed by atoms with Gasteiger partial charge in [-0.25, -0.2) is 9.07 Å². The van der Waals surface area contributed by atoms with E-state index < -0.39 is 17.1 Å². The summed E-state index contributed by atoms with van der Waals surface area (Å²) in [5.41, 5.74) is 2.89. The van der Waals surface area contributed by atoms with Gasteiger partial charge in [0.2, 0.25) is 0 Å². The van der Waals surface area contributed by atoms with E-state index in [1.54, 1.807) is 23.0 Å². The van der Waals surface area contributed by atoms with Gasteiger partial charge in [-0.1, -0.05) is 19.4 Å². The van der Waals surface area contributed by atoms with Crippen LogP contribution in [-0.2, 0) is 17.8 Å². The van der Waals surface area contributed by atoms with Crippen molar-refractivity contribution in [3.8, 4) is 5.69 Å². The van der Waals surface area contributed by atoms with Crippen molar-refractivity contribution in [1.29, 1.82) is 0 Å². The molecule has 4 aliphatic carbocycles. The third-order valence-corrected chi connectivity index (χ3v) is 11.2. The van der Waals surface area contributed by atoms with E-state index in [1.165, 1.54) is 17.7 Å². The van der Waals surface area contributed by atoms with E-state index in [9.17, 15) is 19.4 Å². The molecule has 40 heavy (non-hydrogen) atoms. The monoisotopic (exact) mass is 544 g/mol. The molecular weight excluding hydrogens is 507 g/mol. The maximum atomic E-state index is 13.6. The molecular formula is C32H37FN4O3. The molecule has 0 spiro atoms. The highest BCUT2D eigenvalue weighted by molar-refractivity contribution is 5.88. The first kappa shape index (κ1) is 25.8. The lowest BCUT2D eigenvalue weighted by Crippen LogP contribution is -2.62. The number of fused-ring (bicyclic) bond motifs is 6. The number of rotatable bonds is 4. The van der Waals surface area contributed by atoms with Crippen molar-refractivity contribution in [2.24, 2.45) is 28.6 Å². The predicted molar refractivity (Wildman–Crippen MR) is 148 cm³/mol. The average molecular weight is 545 g/mol. The zero-order valence-corrected chi connectivity index (χ0v) is 23.3. The van der Waals surface area contributed by atoms with Crippen molar-refractivity contribution in [1.82, 2.24) is 19.6 Å². The first-order valence-corrected chi connectivity index (χ1v) is 14.5.